The average Bonchev–Trinajstić information content (AvgIpc) is 2.34. The van der Waals surface area contributed by atoms with Crippen LogP contribution in [-0.4, -0.2) is 29.9 Å². The summed E-state index contributed by atoms with van der Waals surface area (Å²) in [7, 11) is 0. The van der Waals surface area contributed by atoms with Crippen molar-refractivity contribution in [2.45, 2.75) is 32.9 Å². The summed E-state index contributed by atoms with van der Waals surface area (Å²) in [6.07, 6.45) is 1.15. The molecule has 1 N–H and O–H groups in total. The predicted octanol–water partition coefficient (Wildman–Crippen LogP) is 2.03. The molecule has 3 nitrogen and oxygen atoms in total. The lowest BCUT2D eigenvalue weighted by atomic mass is 9.93. The maximum atomic E-state index is 11.2. The SMILES string of the molecule is CC(=O)N[C@H]1CN(Cc2ccccc2)CC[C@H]1C. The summed E-state index contributed by atoms with van der Waals surface area (Å²) in [4.78, 5) is 13.6. The fourth-order valence-electron chi connectivity index (χ4n) is 2.57. The molecule has 0 unspecified atom stereocenters. The van der Waals surface area contributed by atoms with Crippen LogP contribution in [-0.2, 0) is 11.3 Å². The van der Waals surface area contributed by atoms with Crippen molar-refractivity contribution >= 4 is 5.91 Å². The summed E-state index contributed by atoms with van der Waals surface area (Å²) < 4.78 is 0. The summed E-state index contributed by atoms with van der Waals surface area (Å²) in [5, 5.41) is 3.07. The van der Waals surface area contributed by atoms with Crippen molar-refractivity contribution in [3.8, 4) is 0 Å². The summed E-state index contributed by atoms with van der Waals surface area (Å²) in [5.41, 5.74) is 1.34. The van der Waals surface area contributed by atoms with Crippen LogP contribution in [0.4, 0.5) is 0 Å². The van der Waals surface area contributed by atoms with E-state index in [0.717, 1.165) is 26.1 Å². The lowest BCUT2D eigenvalue weighted by Crippen LogP contribution is -2.51. The number of rotatable bonds is 3. The Morgan fingerprint density at radius 2 is 2.11 bits per heavy atom. The normalized spacial score (nSPS) is 24.8. The van der Waals surface area contributed by atoms with Crippen LogP contribution < -0.4 is 5.32 Å². The lowest BCUT2D eigenvalue weighted by molar-refractivity contribution is -0.120. The van der Waals surface area contributed by atoms with E-state index in [0.29, 0.717) is 12.0 Å². The topological polar surface area (TPSA) is 32.3 Å². The number of benzene rings is 1. The van der Waals surface area contributed by atoms with Gasteiger partial charge in [0.2, 0.25) is 5.91 Å². The zero-order valence-corrected chi connectivity index (χ0v) is 11.2. The molecule has 0 spiro atoms. The molecule has 0 bridgehead atoms. The van der Waals surface area contributed by atoms with Gasteiger partial charge in [0.1, 0.15) is 0 Å². The lowest BCUT2D eigenvalue weighted by Gasteiger charge is -2.37. The zero-order chi connectivity index (χ0) is 13.0. The Morgan fingerprint density at radius 1 is 1.39 bits per heavy atom. The van der Waals surface area contributed by atoms with Crippen molar-refractivity contribution in [3.63, 3.8) is 0 Å². The van der Waals surface area contributed by atoms with Crippen molar-refractivity contribution in [2.24, 2.45) is 5.92 Å². The predicted molar refractivity (Wildman–Crippen MR) is 73.1 cm³/mol. The quantitative estimate of drug-likeness (QED) is 0.885. The van der Waals surface area contributed by atoms with E-state index in [1.54, 1.807) is 6.92 Å². The molecule has 3 heteroatoms. The first-order valence-electron chi connectivity index (χ1n) is 6.68. The van der Waals surface area contributed by atoms with Gasteiger partial charge in [-0.25, -0.2) is 0 Å². The highest BCUT2D eigenvalue weighted by Gasteiger charge is 2.26. The van der Waals surface area contributed by atoms with Crippen LogP contribution in [0.5, 0.6) is 0 Å². The summed E-state index contributed by atoms with van der Waals surface area (Å²) in [6.45, 7) is 6.87. The van der Waals surface area contributed by atoms with Gasteiger partial charge in [0.05, 0.1) is 0 Å². The molecule has 1 amide bonds. The highest BCUT2D eigenvalue weighted by Crippen LogP contribution is 2.19. The minimum Gasteiger partial charge on any atom is -0.352 e. The molecule has 1 aliphatic rings. The minimum atomic E-state index is 0.0772. The molecule has 2 rings (SSSR count). The van der Waals surface area contributed by atoms with E-state index in [1.165, 1.54) is 5.56 Å². The molecule has 18 heavy (non-hydrogen) atoms. The Bertz CT molecular complexity index is 391. The van der Waals surface area contributed by atoms with E-state index >= 15 is 0 Å². The molecular formula is C15H22N2O. The van der Waals surface area contributed by atoms with Gasteiger partial charge in [0.15, 0.2) is 0 Å². The zero-order valence-electron chi connectivity index (χ0n) is 11.2. The van der Waals surface area contributed by atoms with Crippen molar-refractivity contribution < 1.29 is 4.79 Å². The number of piperidine rings is 1. The van der Waals surface area contributed by atoms with Crippen molar-refractivity contribution in [2.75, 3.05) is 13.1 Å². The number of amides is 1. The number of nitrogens with zero attached hydrogens (tertiary/aromatic N) is 1. The van der Waals surface area contributed by atoms with E-state index in [1.807, 2.05) is 6.07 Å². The van der Waals surface area contributed by atoms with Crippen molar-refractivity contribution in [3.05, 3.63) is 35.9 Å². The Kier molecular flexibility index (Phi) is 4.37. The van der Waals surface area contributed by atoms with Gasteiger partial charge in [-0.3, -0.25) is 9.69 Å². The third-order valence-electron chi connectivity index (χ3n) is 3.68. The van der Waals surface area contributed by atoms with E-state index in [-0.39, 0.29) is 5.91 Å². The molecule has 2 atom stereocenters. The number of nitrogens with one attached hydrogen (secondary N) is 1. The molecule has 0 saturated carbocycles. The van der Waals surface area contributed by atoms with Crippen molar-refractivity contribution in [1.82, 2.24) is 10.2 Å². The third kappa shape index (κ3) is 3.57. The number of hydrogen-bond acceptors (Lipinski definition) is 2. The molecule has 1 aliphatic heterocycles. The minimum absolute atomic E-state index is 0.0772. The Morgan fingerprint density at radius 3 is 2.78 bits per heavy atom. The van der Waals surface area contributed by atoms with Crippen LogP contribution in [0.2, 0.25) is 0 Å². The van der Waals surface area contributed by atoms with Gasteiger partial charge in [-0.05, 0) is 24.4 Å². The van der Waals surface area contributed by atoms with E-state index < -0.39 is 0 Å². The Labute approximate surface area is 109 Å². The highest BCUT2D eigenvalue weighted by atomic mass is 16.1. The van der Waals surface area contributed by atoms with Gasteiger partial charge < -0.3 is 5.32 Å². The molecule has 98 valence electrons. The second-order valence-electron chi connectivity index (χ2n) is 5.29. The molecule has 1 aromatic rings. The van der Waals surface area contributed by atoms with E-state index in [2.05, 4.69) is 41.4 Å². The van der Waals surface area contributed by atoms with Crippen LogP contribution in [0.25, 0.3) is 0 Å². The largest absolute Gasteiger partial charge is 0.352 e. The number of carbonyl (C=O) groups excluding carboxylic acids is 1. The molecule has 1 heterocycles. The van der Waals surface area contributed by atoms with Gasteiger partial charge in [-0.15, -0.1) is 0 Å². The van der Waals surface area contributed by atoms with Crippen LogP contribution in [0.3, 0.4) is 0 Å². The van der Waals surface area contributed by atoms with Gasteiger partial charge in [-0.2, -0.15) is 0 Å². The number of likely N-dealkylation sites (tertiary alicyclic amines) is 1. The monoisotopic (exact) mass is 246 g/mol. The molecule has 0 aromatic heterocycles. The number of carbonyl (C=O) groups is 1. The maximum absolute atomic E-state index is 11.2. The van der Waals surface area contributed by atoms with Crippen molar-refractivity contribution in [1.29, 1.82) is 0 Å². The second kappa shape index (κ2) is 6.01. The molecule has 1 fully saturated rings. The maximum Gasteiger partial charge on any atom is 0.217 e. The van der Waals surface area contributed by atoms with Gasteiger partial charge in [-0.1, -0.05) is 37.3 Å². The van der Waals surface area contributed by atoms with Crippen LogP contribution in [0.1, 0.15) is 25.8 Å². The van der Waals surface area contributed by atoms with Gasteiger partial charge in [0.25, 0.3) is 0 Å². The fraction of sp³-hybridized carbons (Fsp3) is 0.533. The smallest absolute Gasteiger partial charge is 0.217 e. The first kappa shape index (κ1) is 13.1. The molecule has 0 radical (unpaired) electrons. The average molecular weight is 246 g/mol. The fourth-order valence-corrected chi connectivity index (χ4v) is 2.57. The van der Waals surface area contributed by atoms with Gasteiger partial charge in [0, 0.05) is 26.1 Å². The number of hydrogen-bond donors (Lipinski definition) is 1. The first-order chi connectivity index (χ1) is 8.65. The molecule has 0 aliphatic carbocycles. The molecule has 1 aromatic carbocycles. The van der Waals surface area contributed by atoms with Crippen LogP contribution in [0.15, 0.2) is 30.3 Å². The summed E-state index contributed by atoms with van der Waals surface area (Å²) in [6, 6.07) is 10.8. The summed E-state index contributed by atoms with van der Waals surface area (Å²) >= 11 is 0. The third-order valence-corrected chi connectivity index (χ3v) is 3.68. The Hall–Kier alpha value is -1.35. The standard InChI is InChI=1S/C15H22N2O/c1-12-8-9-17(11-15(12)16-13(2)18)10-14-6-4-3-5-7-14/h3-7,12,15H,8-11H2,1-2H3,(H,16,18)/t12-,15+/m1/s1. The highest BCUT2D eigenvalue weighted by molar-refractivity contribution is 5.73. The van der Waals surface area contributed by atoms with Crippen LogP contribution in [0, 0.1) is 5.92 Å². The van der Waals surface area contributed by atoms with Gasteiger partial charge >= 0.3 is 0 Å². The first-order valence-corrected chi connectivity index (χ1v) is 6.68. The van der Waals surface area contributed by atoms with E-state index in [9.17, 15) is 4.79 Å². The molecular weight excluding hydrogens is 224 g/mol. The Balaban J connectivity index is 1.93. The van der Waals surface area contributed by atoms with E-state index in [4.69, 9.17) is 0 Å². The summed E-state index contributed by atoms with van der Waals surface area (Å²) in [5.74, 6) is 0.648. The van der Waals surface area contributed by atoms with Crippen LogP contribution >= 0.6 is 0 Å². The second-order valence-corrected chi connectivity index (χ2v) is 5.29. The molecule has 1 saturated heterocycles.